The monoisotopic (exact) mass is 309 g/mol. The summed E-state index contributed by atoms with van der Waals surface area (Å²) in [4.78, 5) is 16.9. The van der Waals surface area contributed by atoms with E-state index in [-0.39, 0.29) is 5.91 Å². The number of nitrogens with zero attached hydrogens (tertiary/aromatic N) is 2. The normalized spacial score (nSPS) is 10.7. The Labute approximate surface area is 127 Å². The maximum Gasteiger partial charge on any atom is 0.227 e. The molecular weight excluding hydrogens is 290 g/mol. The number of carbonyl (C=O) groups excluding carboxylic acids is 1. The van der Waals surface area contributed by atoms with E-state index in [1.165, 1.54) is 0 Å². The fourth-order valence-corrected chi connectivity index (χ4v) is 2.37. The van der Waals surface area contributed by atoms with E-state index in [0.29, 0.717) is 44.3 Å². The molecule has 1 amide bonds. The smallest absolute Gasteiger partial charge is 0.227 e. The molecule has 1 N–H and O–H groups in total. The number of ether oxygens (including phenoxy) is 1. The van der Waals surface area contributed by atoms with E-state index in [1.807, 2.05) is 24.4 Å². The first kappa shape index (κ1) is 15.7. The van der Waals surface area contributed by atoms with Crippen LogP contribution >= 0.6 is 11.3 Å². The van der Waals surface area contributed by atoms with Gasteiger partial charge in [-0.2, -0.15) is 4.98 Å². The molecular formula is C14H19N3O3S. The Bertz CT molecular complexity index is 539. The highest BCUT2D eigenvalue weighted by Crippen LogP contribution is 2.21. The van der Waals surface area contributed by atoms with E-state index < -0.39 is 0 Å². The zero-order valence-corrected chi connectivity index (χ0v) is 12.8. The Morgan fingerprint density at radius 1 is 1.52 bits per heavy atom. The first-order valence-electron chi connectivity index (χ1n) is 7.00. The van der Waals surface area contributed by atoms with E-state index in [2.05, 4.69) is 15.5 Å². The number of aromatic nitrogens is 2. The van der Waals surface area contributed by atoms with Crippen LogP contribution < -0.4 is 5.32 Å². The highest BCUT2D eigenvalue weighted by atomic mass is 32.1. The molecule has 2 aromatic heterocycles. The predicted molar refractivity (Wildman–Crippen MR) is 80.1 cm³/mol. The molecule has 2 rings (SSSR count). The third-order valence-corrected chi connectivity index (χ3v) is 3.63. The minimum atomic E-state index is -0.0117. The van der Waals surface area contributed by atoms with Crippen molar-refractivity contribution in [1.82, 2.24) is 15.5 Å². The van der Waals surface area contributed by atoms with Crippen LogP contribution in [0.4, 0.5) is 0 Å². The van der Waals surface area contributed by atoms with Crippen molar-refractivity contribution in [2.24, 2.45) is 0 Å². The summed E-state index contributed by atoms with van der Waals surface area (Å²) in [5.74, 6) is 1.06. The van der Waals surface area contributed by atoms with E-state index in [1.54, 1.807) is 11.3 Å². The van der Waals surface area contributed by atoms with Crippen molar-refractivity contribution < 1.29 is 14.1 Å². The van der Waals surface area contributed by atoms with Gasteiger partial charge in [0.2, 0.25) is 17.6 Å². The lowest BCUT2D eigenvalue weighted by atomic mass is 10.3. The van der Waals surface area contributed by atoms with Gasteiger partial charge in [-0.1, -0.05) is 11.2 Å². The average Bonchev–Trinajstić information content (AvgIpc) is 3.15. The number of aryl methyl sites for hydroxylation is 1. The molecule has 0 aliphatic rings. The van der Waals surface area contributed by atoms with Gasteiger partial charge in [-0.25, -0.2) is 0 Å². The topological polar surface area (TPSA) is 77.2 Å². The van der Waals surface area contributed by atoms with Gasteiger partial charge in [0.25, 0.3) is 0 Å². The van der Waals surface area contributed by atoms with Gasteiger partial charge < -0.3 is 14.6 Å². The van der Waals surface area contributed by atoms with Crippen LogP contribution in [0.25, 0.3) is 10.7 Å². The molecule has 0 unspecified atom stereocenters. The quantitative estimate of drug-likeness (QED) is 0.719. The fraction of sp³-hybridized carbons (Fsp3) is 0.500. The predicted octanol–water partition coefficient (Wildman–Crippen LogP) is 2.27. The third kappa shape index (κ3) is 5.28. The van der Waals surface area contributed by atoms with Crippen molar-refractivity contribution in [2.75, 3.05) is 19.8 Å². The molecule has 0 aromatic carbocycles. The van der Waals surface area contributed by atoms with Crippen molar-refractivity contribution >= 4 is 17.2 Å². The number of rotatable bonds is 9. The van der Waals surface area contributed by atoms with Crippen LogP contribution in [0.1, 0.15) is 25.7 Å². The summed E-state index contributed by atoms with van der Waals surface area (Å²) in [5.41, 5.74) is 0. The Hall–Kier alpha value is -1.73. The number of nitrogens with one attached hydrogen (secondary N) is 1. The van der Waals surface area contributed by atoms with Gasteiger partial charge >= 0.3 is 0 Å². The zero-order chi connectivity index (χ0) is 14.9. The maximum atomic E-state index is 11.6. The second kappa shape index (κ2) is 8.53. The molecule has 0 aliphatic heterocycles. The first-order valence-corrected chi connectivity index (χ1v) is 7.88. The van der Waals surface area contributed by atoms with Crippen LogP contribution in [0.3, 0.4) is 0 Å². The maximum absolute atomic E-state index is 11.6. The Morgan fingerprint density at radius 2 is 2.43 bits per heavy atom. The molecule has 21 heavy (non-hydrogen) atoms. The van der Waals surface area contributed by atoms with Gasteiger partial charge in [0, 0.05) is 32.6 Å². The summed E-state index contributed by atoms with van der Waals surface area (Å²) in [6.07, 6.45) is 1.62. The summed E-state index contributed by atoms with van der Waals surface area (Å²) in [6.45, 7) is 3.96. The number of hydrogen-bond donors (Lipinski definition) is 1. The van der Waals surface area contributed by atoms with Gasteiger partial charge in [0.05, 0.1) is 4.88 Å². The van der Waals surface area contributed by atoms with E-state index >= 15 is 0 Å². The molecule has 6 nitrogen and oxygen atoms in total. The van der Waals surface area contributed by atoms with E-state index in [4.69, 9.17) is 9.26 Å². The number of amides is 1. The standard InChI is InChI=1S/C14H19N3O3S/c1-2-19-9-4-8-15-12(18)6-7-13-16-14(17-20-13)11-5-3-10-21-11/h3,5,10H,2,4,6-9H2,1H3,(H,15,18). The second-order valence-corrected chi connectivity index (χ2v) is 5.34. The van der Waals surface area contributed by atoms with Crippen molar-refractivity contribution in [3.63, 3.8) is 0 Å². The molecule has 2 aromatic rings. The van der Waals surface area contributed by atoms with Crippen molar-refractivity contribution in [2.45, 2.75) is 26.2 Å². The lowest BCUT2D eigenvalue weighted by Gasteiger charge is -2.04. The molecule has 0 saturated carbocycles. The third-order valence-electron chi connectivity index (χ3n) is 2.77. The van der Waals surface area contributed by atoms with E-state index in [9.17, 15) is 4.79 Å². The van der Waals surface area contributed by atoms with Gasteiger partial charge in [-0.3, -0.25) is 4.79 Å². The zero-order valence-electron chi connectivity index (χ0n) is 12.0. The van der Waals surface area contributed by atoms with E-state index in [0.717, 1.165) is 11.3 Å². The van der Waals surface area contributed by atoms with Crippen molar-refractivity contribution in [3.05, 3.63) is 23.4 Å². The Morgan fingerprint density at radius 3 is 3.19 bits per heavy atom. The van der Waals surface area contributed by atoms with Gasteiger partial charge in [-0.15, -0.1) is 11.3 Å². The van der Waals surface area contributed by atoms with Crippen molar-refractivity contribution in [3.8, 4) is 10.7 Å². The first-order chi connectivity index (χ1) is 10.3. The van der Waals surface area contributed by atoms with Crippen LogP contribution in [0, 0.1) is 0 Å². The molecule has 2 heterocycles. The van der Waals surface area contributed by atoms with Crippen LogP contribution in [-0.2, 0) is 16.0 Å². The molecule has 0 atom stereocenters. The molecule has 114 valence electrons. The van der Waals surface area contributed by atoms with Gasteiger partial charge in [0.1, 0.15) is 0 Å². The summed E-state index contributed by atoms with van der Waals surface area (Å²) >= 11 is 1.56. The highest BCUT2D eigenvalue weighted by Gasteiger charge is 2.10. The molecule has 0 aliphatic carbocycles. The van der Waals surface area contributed by atoms with Gasteiger partial charge in [-0.05, 0) is 24.8 Å². The average molecular weight is 309 g/mol. The Kier molecular flexibility index (Phi) is 6.36. The summed E-state index contributed by atoms with van der Waals surface area (Å²) < 4.78 is 10.3. The number of thiophene rings is 1. The molecule has 7 heteroatoms. The fourth-order valence-electron chi connectivity index (χ4n) is 1.72. The van der Waals surface area contributed by atoms with Crippen LogP contribution in [0.15, 0.2) is 22.0 Å². The summed E-state index contributed by atoms with van der Waals surface area (Å²) in [6, 6.07) is 3.87. The minimum Gasteiger partial charge on any atom is -0.382 e. The van der Waals surface area contributed by atoms with Crippen LogP contribution in [0.5, 0.6) is 0 Å². The van der Waals surface area contributed by atoms with Crippen LogP contribution in [0.2, 0.25) is 0 Å². The largest absolute Gasteiger partial charge is 0.382 e. The lowest BCUT2D eigenvalue weighted by molar-refractivity contribution is -0.121. The lowest BCUT2D eigenvalue weighted by Crippen LogP contribution is -2.25. The molecule has 0 fully saturated rings. The summed E-state index contributed by atoms with van der Waals surface area (Å²) in [7, 11) is 0. The minimum absolute atomic E-state index is 0.0117. The Balaban J connectivity index is 1.67. The number of hydrogen-bond acceptors (Lipinski definition) is 6. The second-order valence-electron chi connectivity index (χ2n) is 4.39. The summed E-state index contributed by atoms with van der Waals surface area (Å²) in [5, 5.41) is 8.71. The SMILES string of the molecule is CCOCCCNC(=O)CCc1nc(-c2cccs2)no1. The molecule has 0 bridgehead atoms. The highest BCUT2D eigenvalue weighted by molar-refractivity contribution is 7.13. The molecule has 0 radical (unpaired) electrons. The molecule has 0 saturated heterocycles. The van der Waals surface area contributed by atoms with Gasteiger partial charge in [0.15, 0.2) is 0 Å². The van der Waals surface area contributed by atoms with Crippen LogP contribution in [-0.4, -0.2) is 35.8 Å². The molecule has 0 spiro atoms. The number of carbonyl (C=O) groups is 1. The van der Waals surface area contributed by atoms with Crippen molar-refractivity contribution in [1.29, 1.82) is 0 Å².